The first-order valence-electron chi connectivity index (χ1n) is 8.11. The number of carboxylic acid groups (broad SMARTS) is 1. The zero-order valence-electron chi connectivity index (χ0n) is 14.9. The molecule has 1 N–H and O–H groups in total. The third kappa shape index (κ3) is 4.01. The van der Waals surface area contributed by atoms with Gasteiger partial charge in [0.05, 0.1) is 5.69 Å². The molecular formula is C20H15F2NO4S. The number of hydrogen-bond acceptors (Lipinski definition) is 4. The number of halogens is 2. The lowest BCUT2D eigenvalue weighted by Gasteiger charge is -2.17. The minimum atomic E-state index is -1.56. The van der Waals surface area contributed by atoms with Gasteiger partial charge in [-0.15, -0.1) is 0 Å². The minimum absolute atomic E-state index is 0.0732. The molecule has 3 aromatic rings. The minimum Gasteiger partial charge on any atom is -0.449 e. The average Bonchev–Trinajstić information content (AvgIpc) is 3.03. The van der Waals surface area contributed by atoms with Crippen molar-refractivity contribution in [2.24, 2.45) is 0 Å². The number of benzene rings is 2. The van der Waals surface area contributed by atoms with Crippen molar-refractivity contribution in [2.45, 2.75) is 6.92 Å². The lowest BCUT2D eigenvalue weighted by molar-refractivity contribution is 0.0991. The topological polar surface area (TPSA) is 66.8 Å². The molecule has 0 atom stereocenters. The highest BCUT2D eigenvalue weighted by atomic mass is 32.1. The van der Waals surface area contributed by atoms with Crippen molar-refractivity contribution >= 4 is 29.1 Å². The molecule has 8 heteroatoms. The lowest BCUT2D eigenvalue weighted by Crippen LogP contribution is -2.26. The van der Waals surface area contributed by atoms with E-state index in [2.05, 4.69) is 0 Å². The maximum absolute atomic E-state index is 14.1. The Balaban J connectivity index is 2.03. The summed E-state index contributed by atoms with van der Waals surface area (Å²) in [6.07, 6.45) is -1.56. The Morgan fingerprint density at radius 2 is 1.75 bits per heavy atom. The standard InChI is InChI=1S/C20H15F2NO4S/c1-11-3-5-12(6-4-11)18(24)23(2)16-10-17(28-19(16)27-20(25)26)14-8-7-13(21)9-15(14)22/h3-10H,1-2H3,(H,25,26). The van der Waals surface area contributed by atoms with Crippen LogP contribution in [0, 0.1) is 18.6 Å². The van der Waals surface area contributed by atoms with Gasteiger partial charge in [-0.05, 0) is 37.3 Å². The Bertz CT molecular complexity index is 1050. The molecule has 0 bridgehead atoms. The van der Waals surface area contributed by atoms with E-state index in [4.69, 9.17) is 9.84 Å². The monoisotopic (exact) mass is 403 g/mol. The SMILES string of the molecule is Cc1ccc(C(=O)N(C)c2cc(-c3ccc(F)cc3F)sc2OC(=O)O)cc1. The Hall–Kier alpha value is -3.26. The predicted octanol–water partition coefficient (Wildman–Crippen LogP) is 5.34. The molecule has 1 aromatic heterocycles. The van der Waals surface area contributed by atoms with E-state index in [-0.39, 0.29) is 22.2 Å². The number of aryl methyl sites for hydroxylation is 1. The van der Waals surface area contributed by atoms with Crippen LogP contribution in [0.25, 0.3) is 10.4 Å². The Labute approximate surface area is 163 Å². The molecule has 144 valence electrons. The van der Waals surface area contributed by atoms with Crippen LogP contribution in [0.5, 0.6) is 5.06 Å². The molecule has 0 radical (unpaired) electrons. The number of carbonyl (C=O) groups is 2. The summed E-state index contributed by atoms with van der Waals surface area (Å²) in [5.74, 6) is -1.92. The van der Waals surface area contributed by atoms with Crippen LogP contribution in [0.15, 0.2) is 48.5 Å². The van der Waals surface area contributed by atoms with Gasteiger partial charge in [0.2, 0.25) is 5.06 Å². The van der Waals surface area contributed by atoms with E-state index in [1.165, 1.54) is 24.1 Å². The summed E-state index contributed by atoms with van der Waals surface area (Å²) in [5.41, 5.74) is 1.62. The summed E-state index contributed by atoms with van der Waals surface area (Å²) in [7, 11) is 1.46. The molecule has 1 amide bonds. The number of anilines is 1. The second-order valence-electron chi connectivity index (χ2n) is 6.01. The molecule has 5 nitrogen and oxygen atoms in total. The van der Waals surface area contributed by atoms with E-state index in [0.717, 1.165) is 29.0 Å². The smallest absolute Gasteiger partial charge is 0.449 e. The first kappa shape index (κ1) is 19.5. The molecular weight excluding hydrogens is 388 g/mol. The van der Waals surface area contributed by atoms with Crippen LogP contribution in [-0.4, -0.2) is 24.2 Å². The van der Waals surface area contributed by atoms with Gasteiger partial charge in [0.25, 0.3) is 5.91 Å². The summed E-state index contributed by atoms with van der Waals surface area (Å²) < 4.78 is 32.1. The fourth-order valence-electron chi connectivity index (χ4n) is 2.57. The van der Waals surface area contributed by atoms with E-state index in [0.29, 0.717) is 10.4 Å². The van der Waals surface area contributed by atoms with Crippen molar-refractivity contribution in [1.29, 1.82) is 0 Å². The molecule has 0 aliphatic carbocycles. The van der Waals surface area contributed by atoms with Gasteiger partial charge in [0.15, 0.2) is 0 Å². The number of carbonyl (C=O) groups excluding carboxylic acids is 1. The highest BCUT2D eigenvalue weighted by Gasteiger charge is 2.23. The van der Waals surface area contributed by atoms with Crippen LogP contribution < -0.4 is 9.64 Å². The van der Waals surface area contributed by atoms with E-state index in [9.17, 15) is 18.4 Å². The third-order valence-electron chi connectivity index (χ3n) is 4.02. The van der Waals surface area contributed by atoms with E-state index >= 15 is 0 Å². The summed E-state index contributed by atoms with van der Waals surface area (Å²) in [4.78, 5) is 25.3. The Morgan fingerprint density at radius 1 is 1.07 bits per heavy atom. The van der Waals surface area contributed by atoms with Gasteiger partial charge in [0.1, 0.15) is 11.6 Å². The quantitative estimate of drug-likeness (QED) is 0.598. The number of thiophene rings is 1. The highest BCUT2D eigenvalue weighted by molar-refractivity contribution is 7.18. The van der Waals surface area contributed by atoms with Gasteiger partial charge in [0, 0.05) is 29.1 Å². The van der Waals surface area contributed by atoms with Crippen molar-refractivity contribution in [3.63, 3.8) is 0 Å². The van der Waals surface area contributed by atoms with Crippen molar-refractivity contribution in [2.75, 3.05) is 11.9 Å². The van der Waals surface area contributed by atoms with Gasteiger partial charge in [-0.3, -0.25) is 4.79 Å². The summed E-state index contributed by atoms with van der Waals surface area (Å²) in [6.45, 7) is 1.89. The zero-order valence-corrected chi connectivity index (χ0v) is 15.7. The van der Waals surface area contributed by atoms with Gasteiger partial charge in [-0.25, -0.2) is 13.6 Å². The molecule has 1 heterocycles. The first-order valence-corrected chi connectivity index (χ1v) is 8.92. The molecule has 0 aliphatic rings. The largest absolute Gasteiger partial charge is 0.512 e. The lowest BCUT2D eigenvalue weighted by atomic mass is 10.1. The molecule has 0 aliphatic heterocycles. The second-order valence-corrected chi connectivity index (χ2v) is 7.02. The fourth-order valence-corrected chi connectivity index (χ4v) is 3.63. The zero-order chi connectivity index (χ0) is 20.4. The molecule has 0 unspecified atom stereocenters. The van der Waals surface area contributed by atoms with Crippen molar-refractivity contribution in [3.8, 4) is 15.5 Å². The molecule has 0 spiro atoms. The van der Waals surface area contributed by atoms with E-state index in [1.54, 1.807) is 24.3 Å². The number of amides is 1. The van der Waals surface area contributed by atoms with E-state index in [1.807, 2.05) is 6.92 Å². The molecule has 0 saturated heterocycles. The first-order chi connectivity index (χ1) is 13.3. The molecule has 2 aromatic carbocycles. The number of ether oxygens (including phenoxy) is 1. The summed E-state index contributed by atoms with van der Waals surface area (Å²) >= 11 is 0.845. The second kappa shape index (κ2) is 7.77. The van der Waals surface area contributed by atoms with Crippen LogP contribution in [0.2, 0.25) is 0 Å². The maximum Gasteiger partial charge on any atom is 0.512 e. The highest BCUT2D eigenvalue weighted by Crippen LogP contribution is 2.43. The number of rotatable bonds is 4. The van der Waals surface area contributed by atoms with Crippen LogP contribution in [0.3, 0.4) is 0 Å². The number of nitrogens with zero attached hydrogens (tertiary/aromatic N) is 1. The van der Waals surface area contributed by atoms with Crippen LogP contribution >= 0.6 is 11.3 Å². The van der Waals surface area contributed by atoms with Crippen molar-refractivity contribution < 1.29 is 28.2 Å². The third-order valence-corrected chi connectivity index (χ3v) is 5.06. The Kier molecular flexibility index (Phi) is 5.41. The Morgan fingerprint density at radius 3 is 2.36 bits per heavy atom. The van der Waals surface area contributed by atoms with Crippen molar-refractivity contribution in [3.05, 3.63) is 71.3 Å². The van der Waals surface area contributed by atoms with Gasteiger partial charge in [-0.1, -0.05) is 29.0 Å². The van der Waals surface area contributed by atoms with Crippen molar-refractivity contribution in [1.82, 2.24) is 0 Å². The summed E-state index contributed by atoms with van der Waals surface area (Å²) in [5, 5.41) is 8.90. The van der Waals surface area contributed by atoms with Crippen LogP contribution in [0.1, 0.15) is 15.9 Å². The van der Waals surface area contributed by atoms with E-state index < -0.39 is 17.8 Å². The normalized spacial score (nSPS) is 10.6. The molecule has 0 fully saturated rings. The van der Waals surface area contributed by atoms with Gasteiger partial charge < -0.3 is 14.7 Å². The molecule has 28 heavy (non-hydrogen) atoms. The molecule has 0 saturated carbocycles. The maximum atomic E-state index is 14.1. The fraction of sp³-hybridized carbons (Fsp3) is 0.100. The van der Waals surface area contributed by atoms with Crippen LogP contribution in [0.4, 0.5) is 19.3 Å². The number of hydrogen-bond donors (Lipinski definition) is 1. The summed E-state index contributed by atoms with van der Waals surface area (Å²) in [6, 6.07) is 11.4. The van der Waals surface area contributed by atoms with Gasteiger partial charge >= 0.3 is 6.16 Å². The van der Waals surface area contributed by atoms with Crippen LogP contribution in [-0.2, 0) is 0 Å². The van der Waals surface area contributed by atoms with Gasteiger partial charge in [-0.2, -0.15) is 0 Å². The predicted molar refractivity (Wildman–Crippen MR) is 102 cm³/mol. The molecule has 3 rings (SSSR count). The average molecular weight is 403 g/mol.